The minimum Gasteiger partial charge on any atom is -0.462 e. The number of aliphatic hydroxyl groups is 2. The molecule has 1 aliphatic rings. The van der Waals surface area contributed by atoms with Crippen LogP contribution in [0.4, 0.5) is 0 Å². The molecule has 4 atom stereocenters. The molecule has 3 aromatic carbocycles. The molecule has 0 bridgehead atoms. The lowest BCUT2D eigenvalue weighted by molar-refractivity contribution is -0.305. The van der Waals surface area contributed by atoms with E-state index in [4.69, 9.17) is 25.8 Å². The number of carbonyl (C=O) groups excluding carboxylic acids is 1. The molecule has 4 rings (SSSR count). The van der Waals surface area contributed by atoms with Gasteiger partial charge in [-0.2, -0.15) is 0 Å². The van der Waals surface area contributed by atoms with Crippen molar-refractivity contribution < 1.29 is 29.2 Å². The summed E-state index contributed by atoms with van der Waals surface area (Å²) in [6.07, 6.45) is -2.85. The fourth-order valence-corrected chi connectivity index (χ4v) is 5.01. The van der Waals surface area contributed by atoms with Crippen LogP contribution in [0.25, 0.3) is 11.1 Å². The maximum atomic E-state index is 13.4. The topological polar surface area (TPSA) is 97.3 Å². The predicted molar refractivity (Wildman–Crippen MR) is 146 cm³/mol. The molecule has 8 heteroatoms. The van der Waals surface area contributed by atoms with Crippen LogP contribution in [0, 0.1) is 0 Å². The van der Waals surface area contributed by atoms with Crippen LogP contribution in [0.15, 0.2) is 72.8 Å². The fourth-order valence-electron chi connectivity index (χ4n) is 4.77. The Morgan fingerprint density at radius 1 is 1.00 bits per heavy atom. The standard InChI is InChI=1S/C30H34ClNO6/c1-30(2)27(36-3)25(33)26(34)29(38-30)37-20-15-16-21(22-13-7-8-14-24(22)31)23(18-20)28(35)32-17-9-12-19-10-5-4-6-11-19/h4-8,10-11,13-16,18,25-27,29,33-34H,9,12,17H2,1-3H3,(H,32,35)/t25-,26+,27+,29-/m0/s1. The summed E-state index contributed by atoms with van der Waals surface area (Å²) in [5, 5.41) is 24.7. The van der Waals surface area contributed by atoms with Gasteiger partial charge in [0.05, 0.1) is 11.2 Å². The van der Waals surface area contributed by atoms with Crippen molar-refractivity contribution in [1.82, 2.24) is 5.32 Å². The smallest absolute Gasteiger partial charge is 0.252 e. The first-order valence-corrected chi connectivity index (χ1v) is 13.0. The maximum absolute atomic E-state index is 13.4. The van der Waals surface area contributed by atoms with Crippen molar-refractivity contribution in [2.24, 2.45) is 0 Å². The molecule has 38 heavy (non-hydrogen) atoms. The molecule has 0 aromatic heterocycles. The summed E-state index contributed by atoms with van der Waals surface area (Å²) in [4.78, 5) is 13.4. The van der Waals surface area contributed by atoms with Crippen molar-refractivity contribution in [1.29, 1.82) is 0 Å². The number of halogens is 1. The first-order chi connectivity index (χ1) is 18.2. The van der Waals surface area contributed by atoms with Crippen molar-refractivity contribution in [3.63, 3.8) is 0 Å². The number of aliphatic hydroxyl groups excluding tert-OH is 2. The fraction of sp³-hybridized carbons (Fsp3) is 0.367. The number of carbonyl (C=O) groups is 1. The molecule has 1 heterocycles. The van der Waals surface area contributed by atoms with E-state index in [9.17, 15) is 15.0 Å². The Balaban J connectivity index is 1.55. The van der Waals surface area contributed by atoms with Crippen molar-refractivity contribution in [2.75, 3.05) is 13.7 Å². The summed E-state index contributed by atoms with van der Waals surface area (Å²) in [6.45, 7) is 3.99. The highest BCUT2D eigenvalue weighted by molar-refractivity contribution is 6.33. The van der Waals surface area contributed by atoms with E-state index in [0.29, 0.717) is 34.0 Å². The third kappa shape index (κ3) is 6.37. The van der Waals surface area contributed by atoms with Crippen LogP contribution in [-0.2, 0) is 15.9 Å². The Morgan fingerprint density at radius 3 is 2.42 bits per heavy atom. The van der Waals surface area contributed by atoms with Gasteiger partial charge in [-0.3, -0.25) is 4.79 Å². The number of nitrogens with one attached hydrogen (secondary N) is 1. The zero-order chi connectivity index (χ0) is 27.3. The van der Waals surface area contributed by atoms with Crippen LogP contribution in [0.1, 0.15) is 36.2 Å². The molecule has 1 amide bonds. The second-order valence-corrected chi connectivity index (χ2v) is 10.3. The van der Waals surface area contributed by atoms with Gasteiger partial charge in [-0.05, 0) is 62.1 Å². The van der Waals surface area contributed by atoms with Crippen molar-refractivity contribution in [2.45, 2.75) is 56.9 Å². The Labute approximate surface area is 228 Å². The summed E-state index contributed by atoms with van der Waals surface area (Å²) < 4.78 is 17.2. The quantitative estimate of drug-likeness (QED) is 0.343. The Morgan fingerprint density at radius 2 is 1.71 bits per heavy atom. The minimum absolute atomic E-state index is 0.275. The summed E-state index contributed by atoms with van der Waals surface area (Å²) in [5.74, 6) is 0.0292. The number of aryl methyl sites for hydroxylation is 1. The van der Waals surface area contributed by atoms with E-state index in [1.807, 2.05) is 36.4 Å². The molecular formula is C30H34ClNO6. The molecule has 0 radical (unpaired) electrons. The second kappa shape index (κ2) is 12.3. The van der Waals surface area contributed by atoms with E-state index in [-0.39, 0.29) is 5.91 Å². The van der Waals surface area contributed by atoms with Gasteiger partial charge in [0, 0.05) is 24.2 Å². The van der Waals surface area contributed by atoms with Gasteiger partial charge < -0.3 is 29.7 Å². The zero-order valence-corrected chi connectivity index (χ0v) is 22.5. The highest BCUT2D eigenvalue weighted by atomic mass is 35.5. The number of ether oxygens (including phenoxy) is 3. The van der Waals surface area contributed by atoms with Crippen LogP contribution in [0.5, 0.6) is 5.75 Å². The van der Waals surface area contributed by atoms with E-state index >= 15 is 0 Å². The van der Waals surface area contributed by atoms with E-state index in [2.05, 4.69) is 17.4 Å². The summed E-state index contributed by atoms with van der Waals surface area (Å²) in [7, 11) is 1.45. The maximum Gasteiger partial charge on any atom is 0.252 e. The molecule has 0 saturated carbocycles. The normalized spacial score (nSPS) is 22.6. The number of benzene rings is 3. The molecule has 1 aliphatic heterocycles. The third-order valence-electron chi connectivity index (χ3n) is 6.72. The molecule has 3 N–H and O–H groups in total. The van der Waals surface area contributed by atoms with Crippen LogP contribution in [0.2, 0.25) is 5.02 Å². The van der Waals surface area contributed by atoms with E-state index in [1.165, 1.54) is 12.7 Å². The van der Waals surface area contributed by atoms with Gasteiger partial charge >= 0.3 is 0 Å². The average Bonchev–Trinajstić information content (AvgIpc) is 2.90. The summed E-state index contributed by atoms with van der Waals surface area (Å²) in [6, 6.07) is 22.4. The molecule has 7 nitrogen and oxygen atoms in total. The van der Waals surface area contributed by atoms with Gasteiger partial charge in [0.2, 0.25) is 6.29 Å². The lowest BCUT2D eigenvalue weighted by Gasteiger charge is -2.46. The summed E-state index contributed by atoms with van der Waals surface area (Å²) in [5.41, 5.74) is 2.02. The molecule has 0 spiro atoms. The molecule has 3 aromatic rings. The molecular weight excluding hydrogens is 506 g/mol. The first kappa shape index (κ1) is 28.1. The van der Waals surface area contributed by atoms with Crippen molar-refractivity contribution in [3.8, 4) is 16.9 Å². The zero-order valence-electron chi connectivity index (χ0n) is 21.8. The third-order valence-corrected chi connectivity index (χ3v) is 7.05. The van der Waals surface area contributed by atoms with Crippen LogP contribution in [0.3, 0.4) is 0 Å². The number of methoxy groups -OCH3 is 1. The Kier molecular flexibility index (Phi) is 9.07. The van der Waals surface area contributed by atoms with Gasteiger partial charge in [0.25, 0.3) is 5.91 Å². The summed E-state index contributed by atoms with van der Waals surface area (Å²) >= 11 is 6.46. The molecule has 1 fully saturated rings. The molecule has 1 saturated heterocycles. The molecule has 202 valence electrons. The van der Waals surface area contributed by atoms with E-state index in [0.717, 1.165) is 12.8 Å². The van der Waals surface area contributed by atoms with E-state index in [1.54, 1.807) is 38.1 Å². The molecule has 0 unspecified atom stereocenters. The number of hydrogen-bond donors (Lipinski definition) is 3. The van der Waals surface area contributed by atoms with Gasteiger partial charge in [-0.25, -0.2) is 0 Å². The molecule has 0 aliphatic carbocycles. The SMILES string of the molecule is CO[C@@H]1[C@@H](O)[C@@H](O)[C@@H](Oc2ccc(-c3ccccc3Cl)c(C(=O)NCCCc3ccccc3)c2)OC1(C)C. The highest BCUT2D eigenvalue weighted by Gasteiger charge is 2.50. The van der Waals surface area contributed by atoms with Crippen LogP contribution in [-0.4, -0.2) is 60.0 Å². The Hall–Kier alpha value is -2.94. The number of hydrogen-bond acceptors (Lipinski definition) is 6. The lowest BCUT2D eigenvalue weighted by atomic mass is 9.89. The lowest BCUT2D eigenvalue weighted by Crippen LogP contribution is -2.63. The van der Waals surface area contributed by atoms with Gasteiger partial charge in [0.15, 0.2) is 0 Å². The largest absolute Gasteiger partial charge is 0.462 e. The minimum atomic E-state index is -1.36. The van der Waals surface area contributed by atoms with Crippen LogP contribution >= 0.6 is 11.6 Å². The second-order valence-electron chi connectivity index (χ2n) is 9.88. The highest BCUT2D eigenvalue weighted by Crippen LogP contribution is 2.35. The number of rotatable bonds is 9. The van der Waals surface area contributed by atoms with Crippen molar-refractivity contribution >= 4 is 17.5 Å². The van der Waals surface area contributed by atoms with Gasteiger partial charge in [-0.1, -0.05) is 60.1 Å². The monoisotopic (exact) mass is 539 g/mol. The predicted octanol–water partition coefficient (Wildman–Crippen LogP) is 4.62. The van der Waals surface area contributed by atoms with Crippen LogP contribution < -0.4 is 10.1 Å². The average molecular weight is 540 g/mol. The first-order valence-electron chi connectivity index (χ1n) is 12.7. The van der Waals surface area contributed by atoms with Crippen molar-refractivity contribution in [3.05, 3.63) is 88.9 Å². The van der Waals surface area contributed by atoms with Gasteiger partial charge in [-0.15, -0.1) is 0 Å². The van der Waals surface area contributed by atoms with Gasteiger partial charge in [0.1, 0.15) is 24.1 Å². The Bertz CT molecular complexity index is 1230. The number of amides is 1. The van der Waals surface area contributed by atoms with E-state index < -0.39 is 30.2 Å².